The van der Waals surface area contributed by atoms with E-state index < -0.39 is 4.92 Å². The molecule has 4 aromatic rings. The van der Waals surface area contributed by atoms with Crippen LogP contribution in [-0.2, 0) is 0 Å². The molecule has 1 N–H and O–H groups in total. The first-order valence-corrected chi connectivity index (χ1v) is 10.1. The zero-order valence-electron chi connectivity index (χ0n) is 16.8. The molecule has 0 aliphatic rings. The Morgan fingerprint density at radius 1 is 1.29 bits per heavy atom. The van der Waals surface area contributed by atoms with E-state index in [1.807, 2.05) is 19.9 Å². The Kier molecular flexibility index (Phi) is 5.01. The molecule has 8 nitrogen and oxygen atoms in total. The molecule has 0 fully saturated rings. The molecule has 154 valence electrons. The summed E-state index contributed by atoms with van der Waals surface area (Å²) in [7, 11) is 0. The van der Waals surface area contributed by atoms with Crippen LogP contribution in [-0.4, -0.2) is 14.9 Å². The summed E-state index contributed by atoms with van der Waals surface area (Å²) in [4.78, 5) is 32.1. The van der Waals surface area contributed by atoms with Crippen LogP contribution in [0.4, 0.5) is 5.69 Å². The van der Waals surface area contributed by atoms with Crippen LogP contribution in [0.2, 0.25) is 0 Å². The largest absolute Gasteiger partial charge is 0.456 e. The first kappa shape index (κ1) is 20.3. The molecule has 0 saturated heterocycles. The maximum Gasteiger partial charge on any atom is 0.280 e. The van der Waals surface area contributed by atoms with Crippen molar-refractivity contribution in [2.24, 2.45) is 0 Å². The van der Waals surface area contributed by atoms with Gasteiger partial charge in [-0.2, -0.15) is 5.26 Å². The van der Waals surface area contributed by atoms with E-state index >= 15 is 0 Å². The number of furan rings is 1. The molecule has 0 saturated carbocycles. The van der Waals surface area contributed by atoms with E-state index in [9.17, 15) is 20.2 Å². The van der Waals surface area contributed by atoms with Gasteiger partial charge in [-0.1, -0.05) is 6.07 Å². The van der Waals surface area contributed by atoms with Crippen LogP contribution >= 0.6 is 11.3 Å². The summed E-state index contributed by atoms with van der Waals surface area (Å²) in [5.74, 6) is 0.750. The van der Waals surface area contributed by atoms with Crippen molar-refractivity contribution in [3.8, 4) is 17.4 Å². The minimum absolute atomic E-state index is 0.0646. The van der Waals surface area contributed by atoms with Crippen molar-refractivity contribution in [2.45, 2.75) is 20.8 Å². The zero-order valence-corrected chi connectivity index (χ0v) is 17.7. The van der Waals surface area contributed by atoms with Crippen molar-refractivity contribution in [1.29, 1.82) is 5.26 Å². The molecule has 0 atom stereocenters. The minimum atomic E-state index is -0.462. The van der Waals surface area contributed by atoms with Crippen LogP contribution in [0.15, 0.2) is 39.5 Å². The predicted molar refractivity (Wildman–Crippen MR) is 119 cm³/mol. The number of thiophene rings is 1. The molecular formula is C22H16N4O4S. The molecule has 0 bridgehead atoms. The first-order valence-electron chi connectivity index (χ1n) is 9.26. The SMILES string of the molecule is Cc1ccc(-c2ccc(/C=C(\C#N)c3nc4sc(C)c(C)c4c(=O)[nH]3)o2)c([N+](=O)[O-])c1. The number of H-pyrrole nitrogens is 1. The quantitative estimate of drug-likeness (QED) is 0.270. The van der Waals surface area contributed by atoms with Gasteiger partial charge in [-0.25, -0.2) is 4.98 Å². The summed E-state index contributed by atoms with van der Waals surface area (Å²) in [5, 5.41) is 21.5. The van der Waals surface area contributed by atoms with Gasteiger partial charge in [-0.05, 0) is 50.1 Å². The maximum atomic E-state index is 12.5. The molecule has 0 aliphatic carbocycles. The fourth-order valence-corrected chi connectivity index (χ4v) is 4.28. The van der Waals surface area contributed by atoms with Crippen LogP contribution in [0.3, 0.4) is 0 Å². The van der Waals surface area contributed by atoms with Crippen molar-refractivity contribution >= 4 is 38.9 Å². The highest BCUT2D eigenvalue weighted by Gasteiger charge is 2.19. The van der Waals surface area contributed by atoms with Crippen molar-refractivity contribution in [2.75, 3.05) is 0 Å². The molecule has 0 spiro atoms. The third-order valence-corrected chi connectivity index (χ3v) is 6.04. The number of nitriles is 1. The van der Waals surface area contributed by atoms with Gasteiger partial charge in [0.15, 0.2) is 5.82 Å². The second-order valence-corrected chi connectivity index (χ2v) is 8.23. The molecule has 0 amide bonds. The van der Waals surface area contributed by atoms with Gasteiger partial charge in [0.2, 0.25) is 0 Å². The number of aromatic nitrogens is 2. The molecule has 31 heavy (non-hydrogen) atoms. The van der Waals surface area contributed by atoms with Crippen LogP contribution < -0.4 is 5.56 Å². The molecule has 3 heterocycles. The van der Waals surface area contributed by atoms with E-state index in [0.717, 1.165) is 16.0 Å². The highest BCUT2D eigenvalue weighted by atomic mass is 32.1. The van der Waals surface area contributed by atoms with Crippen LogP contribution in [0.25, 0.3) is 33.2 Å². The Morgan fingerprint density at radius 3 is 2.77 bits per heavy atom. The van der Waals surface area contributed by atoms with Crippen LogP contribution in [0.5, 0.6) is 0 Å². The Labute approximate surface area is 180 Å². The lowest BCUT2D eigenvalue weighted by molar-refractivity contribution is -0.384. The van der Waals surface area contributed by atoms with Gasteiger partial charge in [0.1, 0.15) is 22.4 Å². The lowest BCUT2D eigenvalue weighted by atomic mass is 10.1. The van der Waals surface area contributed by atoms with E-state index in [4.69, 9.17) is 4.42 Å². The second-order valence-electron chi connectivity index (χ2n) is 7.03. The van der Waals surface area contributed by atoms with Gasteiger partial charge in [-0.3, -0.25) is 14.9 Å². The summed E-state index contributed by atoms with van der Waals surface area (Å²) in [6, 6.07) is 10.1. The molecule has 1 aromatic carbocycles. The van der Waals surface area contributed by atoms with Crippen molar-refractivity contribution < 1.29 is 9.34 Å². The van der Waals surface area contributed by atoms with Gasteiger partial charge in [0, 0.05) is 17.0 Å². The number of nitro groups is 1. The fourth-order valence-electron chi connectivity index (χ4n) is 3.25. The lowest BCUT2D eigenvalue weighted by Gasteiger charge is -2.01. The number of nitro benzene ring substituents is 1. The number of rotatable bonds is 4. The predicted octanol–water partition coefficient (Wildman–Crippen LogP) is 5.14. The number of hydrogen-bond donors (Lipinski definition) is 1. The van der Waals surface area contributed by atoms with Gasteiger partial charge in [0.25, 0.3) is 11.2 Å². The Morgan fingerprint density at radius 2 is 2.06 bits per heavy atom. The van der Waals surface area contributed by atoms with Crippen molar-refractivity contribution in [1.82, 2.24) is 9.97 Å². The molecule has 4 rings (SSSR count). The molecule has 0 unspecified atom stereocenters. The summed E-state index contributed by atoms with van der Waals surface area (Å²) >= 11 is 1.39. The number of benzene rings is 1. The van der Waals surface area contributed by atoms with E-state index in [1.54, 1.807) is 31.2 Å². The minimum Gasteiger partial charge on any atom is -0.456 e. The highest BCUT2D eigenvalue weighted by Crippen LogP contribution is 2.33. The van der Waals surface area contributed by atoms with Gasteiger partial charge in [0.05, 0.1) is 21.4 Å². The number of nitrogens with one attached hydrogen (secondary N) is 1. The third-order valence-electron chi connectivity index (χ3n) is 4.94. The van der Waals surface area contributed by atoms with Gasteiger partial charge >= 0.3 is 0 Å². The maximum absolute atomic E-state index is 12.5. The van der Waals surface area contributed by atoms with E-state index in [1.165, 1.54) is 23.5 Å². The molecule has 0 aliphatic heterocycles. The Balaban J connectivity index is 1.77. The number of hydrogen-bond acceptors (Lipinski definition) is 7. The number of aryl methyl sites for hydroxylation is 3. The second kappa shape index (κ2) is 7.66. The Bertz CT molecular complexity index is 1480. The molecule has 3 aromatic heterocycles. The third kappa shape index (κ3) is 3.65. The lowest BCUT2D eigenvalue weighted by Crippen LogP contribution is -2.10. The van der Waals surface area contributed by atoms with Crippen molar-refractivity contribution in [3.05, 3.63) is 78.4 Å². The van der Waals surface area contributed by atoms with Crippen LogP contribution in [0, 0.1) is 42.2 Å². The summed E-state index contributed by atoms with van der Waals surface area (Å²) < 4.78 is 5.75. The topological polar surface area (TPSA) is 126 Å². The number of allylic oxidation sites excluding steroid dienone is 1. The monoisotopic (exact) mass is 432 g/mol. The van der Waals surface area contributed by atoms with Gasteiger partial charge < -0.3 is 9.40 Å². The highest BCUT2D eigenvalue weighted by molar-refractivity contribution is 7.18. The average Bonchev–Trinajstić information content (AvgIpc) is 3.30. The summed E-state index contributed by atoms with van der Waals surface area (Å²) in [5.41, 5.74) is 1.72. The first-order chi connectivity index (χ1) is 14.8. The van der Waals surface area contributed by atoms with E-state index in [0.29, 0.717) is 27.3 Å². The number of nitrogens with zero attached hydrogens (tertiary/aromatic N) is 3. The normalized spacial score (nSPS) is 11.6. The summed E-state index contributed by atoms with van der Waals surface area (Å²) in [6.45, 7) is 5.55. The van der Waals surface area contributed by atoms with E-state index in [-0.39, 0.29) is 22.6 Å². The smallest absolute Gasteiger partial charge is 0.280 e. The molecule has 9 heteroatoms. The molecular weight excluding hydrogens is 416 g/mol. The van der Waals surface area contributed by atoms with Crippen LogP contribution in [0.1, 0.15) is 27.6 Å². The fraction of sp³-hybridized carbons (Fsp3) is 0.136. The van der Waals surface area contributed by atoms with E-state index in [2.05, 4.69) is 9.97 Å². The van der Waals surface area contributed by atoms with Gasteiger partial charge in [-0.15, -0.1) is 11.3 Å². The average molecular weight is 432 g/mol. The zero-order chi connectivity index (χ0) is 22.3. The molecule has 0 radical (unpaired) electrons. The number of fused-ring (bicyclic) bond motifs is 1. The standard InChI is InChI=1S/C22H16N4O4S/c1-11-4-6-16(17(8-11)26(28)29)18-7-5-15(30-18)9-14(10-23)20-24-21(27)19-12(2)13(3)31-22(19)25-20/h4-9H,1-3H3,(H,24,25,27)/b14-9+. The Hall–Kier alpha value is -4.03. The number of aromatic amines is 1. The summed E-state index contributed by atoms with van der Waals surface area (Å²) in [6.07, 6.45) is 1.45. The van der Waals surface area contributed by atoms with Crippen molar-refractivity contribution in [3.63, 3.8) is 0 Å².